The predicted molar refractivity (Wildman–Crippen MR) is 102 cm³/mol. The summed E-state index contributed by atoms with van der Waals surface area (Å²) in [4.78, 5) is 24.4. The number of halogens is 1. The molecule has 5 heteroatoms. The number of amides is 2. The van der Waals surface area contributed by atoms with Crippen molar-refractivity contribution in [2.24, 2.45) is 5.41 Å². The number of rotatable bonds is 3. The number of carbonyl (C=O) groups is 2. The first kappa shape index (κ1) is 17.5. The van der Waals surface area contributed by atoms with Gasteiger partial charge in [-0.3, -0.25) is 9.59 Å². The first-order valence-electron chi connectivity index (χ1n) is 7.25. The van der Waals surface area contributed by atoms with Gasteiger partial charge in [0.15, 0.2) is 0 Å². The lowest BCUT2D eigenvalue weighted by Crippen LogP contribution is -2.27. The van der Waals surface area contributed by atoms with E-state index in [9.17, 15) is 9.59 Å². The van der Waals surface area contributed by atoms with Crippen LogP contribution in [0.1, 0.15) is 31.1 Å². The van der Waals surface area contributed by atoms with Gasteiger partial charge < -0.3 is 10.6 Å². The summed E-state index contributed by atoms with van der Waals surface area (Å²) in [5, 5.41) is 5.71. The minimum atomic E-state index is -0.488. The Morgan fingerprint density at radius 2 is 1.65 bits per heavy atom. The number of hydrogen-bond donors (Lipinski definition) is 2. The molecule has 2 N–H and O–H groups in total. The second-order valence-corrected chi connectivity index (χ2v) is 7.38. The number of para-hydroxylation sites is 1. The molecule has 2 rings (SSSR count). The number of benzene rings is 2. The van der Waals surface area contributed by atoms with Crippen LogP contribution in [-0.2, 0) is 4.79 Å². The second-order valence-electron chi connectivity index (χ2n) is 6.22. The fourth-order valence-electron chi connectivity index (χ4n) is 1.81. The largest absolute Gasteiger partial charge is 0.326 e. The minimum absolute atomic E-state index is 0.0901. The van der Waals surface area contributed by atoms with E-state index in [2.05, 4.69) is 33.2 Å². The van der Waals surface area contributed by atoms with Crippen molar-refractivity contribution in [3.8, 4) is 0 Å². The smallest absolute Gasteiger partial charge is 0.255 e. The van der Waals surface area contributed by atoms with E-state index in [0.717, 1.165) is 9.26 Å². The highest BCUT2D eigenvalue weighted by Gasteiger charge is 2.21. The van der Waals surface area contributed by atoms with Gasteiger partial charge in [-0.25, -0.2) is 0 Å². The fourth-order valence-corrected chi connectivity index (χ4v) is 2.34. The van der Waals surface area contributed by atoms with Gasteiger partial charge in [0.05, 0.1) is 5.69 Å². The molecular formula is C18H19IN2O2. The van der Waals surface area contributed by atoms with Gasteiger partial charge in [-0.05, 0) is 52.9 Å². The van der Waals surface area contributed by atoms with Crippen LogP contribution in [0.2, 0.25) is 0 Å². The Kier molecular flexibility index (Phi) is 5.41. The molecule has 0 aromatic heterocycles. The molecule has 0 atom stereocenters. The van der Waals surface area contributed by atoms with Crippen LogP contribution in [0.5, 0.6) is 0 Å². The average molecular weight is 422 g/mol. The second kappa shape index (κ2) is 7.12. The van der Waals surface area contributed by atoms with Crippen LogP contribution in [0.4, 0.5) is 11.4 Å². The number of hydrogen-bond acceptors (Lipinski definition) is 2. The van der Waals surface area contributed by atoms with Crippen LogP contribution in [0.25, 0.3) is 0 Å². The molecule has 2 aromatic rings. The standard InChI is InChI=1S/C18H19IN2O2/c1-18(2,3)17(23)20-13-8-6-7-12(11-13)16(22)21-15-10-5-4-9-14(15)19/h4-11H,1-3H3,(H,20,23)(H,21,22). The van der Waals surface area contributed by atoms with E-state index < -0.39 is 5.41 Å². The van der Waals surface area contributed by atoms with Crippen LogP contribution in [0.3, 0.4) is 0 Å². The molecule has 0 saturated carbocycles. The zero-order valence-corrected chi connectivity index (χ0v) is 15.5. The first-order valence-corrected chi connectivity index (χ1v) is 8.32. The third-order valence-corrected chi connectivity index (χ3v) is 4.13. The van der Waals surface area contributed by atoms with Crippen molar-refractivity contribution in [1.82, 2.24) is 0 Å². The lowest BCUT2D eigenvalue weighted by atomic mass is 9.95. The monoisotopic (exact) mass is 422 g/mol. The molecule has 0 aliphatic rings. The zero-order valence-electron chi connectivity index (χ0n) is 13.3. The molecule has 2 amide bonds. The number of carbonyl (C=O) groups excluding carboxylic acids is 2. The minimum Gasteiger partial charge on any atom is -0.326 e. The van der Waals surface area contributed by atoms with Crippen LogP contribution in [-0.4, -0.2) is 11.8 Å². The summed E-state index contributed by atoms with van der Waals surface area (Å²) in [6.45, 7) is 5.53. The molecule has 0 fully saturated rings. The molecule has 0 heterocycles. The van der Waals surface area contributed by atoms with E-state index in [-0.39, 0.29) is 11.8 Å². The van der Waals surface area contributed by atoms with Crippen molar-refractivity contribution in [2.45, 2.75) is 20.8 Å². The molecule has 0 aliphatic heterocycles. The van der Waals surface area contributed by atoms with Crippen LogP contribution in [0.15, 0.2) is 48.5 Å². The van der Waals surface area contributed by atoms with Gasteiger partial charge in [-0.1, -0.05) is 39.0 Å². The van der Waals surface area contributed by atoms with E-state index in [4.69, 9.17) is 0 Å². The van der Waals surface area contributed by atoms with E-state index in [1.165, 1.54) is 0 Å². The summed E-state index contributed by atoms with van der Waals surface area (Å²) >= 11 is 2.17. The maximum absolute atomic E-state index is 12.4. The van der Waals surface area contributed by atoms with Gasteiger partial charge in [0.1, 0.15) is 0 Å². The van der Waals surface area contributed by atoms with Crippen molar-refractivity contribution in [1.29, 1.82) is 0 Å². The van der Waals surface area contributed by atoms with Gasteiger partial charge in [-0.15, -0.1) is 0 Å². The normalized spacial score (nSPS) is 11.0. The fraction of sp³-hybridized carbons (Fsp3) is 0.222. The number of nitrogens with one attached hydrogen (secondary N) is 2. The molecule has 120 valence electrons. The molecule has 4 nitrogen and oxygen atoms in total. The molecule has 23 heavy (non-hydrogen) atoms. The van der Waals surface area contributed by atoms with Gasteiger partial charge >= 0.3 is 0 Å². The molecule has 0 aliphatic carbocycles. The van der Waals surface area contributed by atoms with Gasteiger partial charge in [0, 0.05) is 20.2 Å². The Labute approximate surface area is 149 Å². The Morgan fingerprint density at radius 3 is 2.30 bits per heavy atom. The highest BCUT2D eigenvalue weighted by atomic mass is 127. The van der Waals surface area contributed by atoms with Gasteiger partial charge in [0.25, 0.3) is 5.91 Å². The maximum Gasteiger partial charge on any atom is 0.255 e. The van der Waals surface area contributed by atoms with Crippen molar-refractivity contribution in [2.75, 3.05) is 10.6 Å². The van der Waals surface area contributed by atoms with E-state index >= 15 is 0 Å². The lowest BCUT2D eigenvalue weighted by molar-refractivity contribution is -0.123. The Bertz CT molecular complexity index is 736. The Balaban J connectivity index is 2.15. The molecule has 2 aromatic carbocycles. The van der Waals surface area contributed by atoms with E-state index in [0.29, 0.717) is 11.3 Å². The topological polar surface area (TPSA) is 58.2 Å². The summed E-state index contributed by atoms with van der Waals surface area (Å²) in [7, 11) is 0. The van der Waals surface area contributed by atoms with Crippen molar-refractivity contribution in [3.63, 3.8) is 0 Å². The van der Waals surface area contributed by atoms with Crippen molar-refractivity contribution < 1.29 is 9.59 Å². The molecular weight excluding hydrogens is 403 g/mol. The van der Waals surface area contributed by atoms with Crippen LogP contribution >= 0.6 is 22.6 Å². The molecule has 0 bridgehead atoms. The summed E-state index contributed by atoms with van der Waals surface area (Å²) in [6.07, 6.45) is 0. The van der Waals surface area contributed by atoms with Crippen molar-refractivity contribution in [3.05, 3.63) is 57.7 Å². The first-order chi connectivity index (χ1) is 10.8. The van der Waals surface area contributed by atoms with Crippen molar-refractivity contribution >= 4 is 45.8 Å². The van der Waals surface area contributed by atoms with E-state index in [1.807, 2.05) is 45.0 Å². The van der Waals surface area contributed by atoms with Crippen LogP contribution < -0.4 is 10.6 Å². The Morgan fingerprint density at radius 1 is 0.957 bits per heavy atom. The van der Waals surface area contributed by atoms with Gasteiger partial charge in [0.2, 0.25) is 5.91 Å². The summed E-state index contributed by atoms with van der Waals surface area (Å²) in [5.41, 5.74) is 1.39. The predicted octanol–water partition coefficient (Wildman–Crippen LogP) is 4.53. The quantitative estimate of drug-likeness (QED) is 0.715. The van der Waals surface area contributed by atoms with Gasteiger partial charge in [-0.2, -0.15) is 0 Å². The SMILES string of the molecule is CC(C)(C)C(=O)Nc1cccc(C(=O)Nc2ccccc2I)c1. The average Bonchev–Trinajstić information content (AvgIpc) is 2.49. The third-order valence-electron chi connectivity index (χ3n) is 3.19. The number of anilines is 2. The zero-order chi connectivity index (χ0) is 17.0. The lowest BCUT2D eigenvalue weighted by Gasteiger charge is -2.18. The Hall–Kier alpha value is -1.89. The molecule has 0 unspecified atom stereocenters. The van der Waals surface area contributed by atoms with Crippen LogP contribution in [0, 0.1) is 8.99 Å². The molecule has 0 spiro atoms. The molecule has 0 saturated heterocycles. The highest BCUT2D eigenvalue weighted by Crippen LogP contribution is 2.20. The summed E-state index contributed by atoms with van der Waals surface area (Å²) in [5.74, 6) is -0.298. The van der Waals surface area contributed by atoms with E-state index in [1.54, 1.807) is 24.3 Å². The molecule has 0 radical (unpaired) electrons. The third kappa shape index (κ3) is 4.79. The summed E-state index contributed by atoms with van der Waals surface area (Å²) in [6, 6.07) is 14.5. The highest BCUT2D eigenvalue weighted by molar-refractivity contribution is 14.1. The maximum atomic E-state index is 12.4. The summed E-state index contributed by atoms with van der Waals surface area (Å²) < 4.78 is 0.968.